The fourth-order valence-corrected chi connectivity index (χ4v) is 5.36. The minimum Gasteiger partial charge on any atom is -0.315 e. The molecular weight excluding hydrogens is 424 g/mol. The van der Waals surface area contributed by atoms with E-state index in [0.29, 0.717) is 5.56 Å². The largest absolute Gasteiger partial charge is 0.354 e. The lowest BCUT2D eigenvalue weighted by Gasteiger charge is -2.15. The van der Waals surface area contributed by atoms with Gasteiger partial charge in [-0.05, 0) is 85.4 Å². The molecule has 0 aliphatic heterocycles. The number of alkyl halides is 2. The molecule has 0 radical (unpaired) electrons. The third kappa shape index (κ3) is 4.63. The molecule has 2 aromatic rings. The Morgan fingerprint density at radius 1 is 1.10 bits per heavy atom. The van der Waals surface area contributed by atoms with Gasteiger partial charge in [-0.15, -0.1) is 4.36 Å². The lowest BCUT2D eigenvalue weighted by atomic mass is 9.99. The number of nitrogens with one attached hydrogen (secondary N) is 1. The van der Waals surface area contributed by atoms with Crippen LogP contribution >= 0.6 is 0 Å². The van der Waals surface area contributed by atoms with Gasteiger partial charge in [0.15, 0.2) is 0 Å². The topological polar surface area (TPSA) is 93.8 Å². The molecule has 0 spiro atoms. The van der Waals surface area contributed by atoms with E-state index in [2.05, 4.69) is 20.5 Å². The highest BCUT2D eigenvalue weighted by Crippen LogP contribution is 2.38. The van der Waals surface area contributed by atoms with E-state index in [-0.39, 0.29) is 4.90 Å². The van der Waals surface area contributed by atoms with Crippen LogP contribution < -0.4 is 10.5 Å². The summed E-state index contributed by atoms with van der Waals surface area (Å²) in [5, 5.41) is 8.73. The van der Waals surface area contributed by atoms with Crippen molar-refractivity contribution in [2.24, 2.45) is 9.50 Å². The number of halogens is 2. The number of carbonyl (C=O) groups excluding carboxylic acids is 1. The van der Waals surface area contributed by atoms with Crippen LogP contribution in [0.25, 0.3) is 0 Å². The van der Waals surface area contributed by atoms with Crippen LogP contribution in [0.15, 0.2) is 39.6 Å². The van der Waals surface area contributed by atoms with E-state index in [4.69, 9.17) is 5.14 Å². The van der Waals surface area contributed by atoms with Gasteiger partial charge in [0.2, 0.25) is 0 Å². The van der Waals surface area contributed by atoms with E-state index in [1.165, 1.54) is 42.3 Å². The average Bonchev–Trinajstić information content (AvgIpc) is 3.36. The number of hydrogen-bond donors (Lipinski definition) is 2. The molecule has 0 heterocycles. The van der Waals surface area contributed by atoms with Crippen molar-refractivity contribution < 1.29 is 22.5 Å². The van der Waals surface area contributed by atoms with Gasteiger partial charge in [0.05, 0.1) is 11.0 Å². The average molecular weight is 450 g/mol. The molecule has 0 unspecified atom stereocenters. The zero-order valence-corrected chi connectivity index (χ0v) is 18.0. The number of ether oxygens (including phenoxy) is 1. The lowest BCUT2D eigenvalue weighted by Crippen LogP contribution is -2.19. The first-order valence-corrected chi connectivity index (χ1v) is 11.9. The molecule has 9 heteroatoms. The highest BCUT2D eigenvalue weighted by atomic mass is 32.2. The minimum atomic E-state index is -3.50. The second-order valence-electron chi connectivity index (χ2n) is 7.93. The van der Waals surface area contributed by atoms with E-state index in [1.807, 2.05) is 0 Å². The zero-order chi connectivity index (χ0) is 22.2. The van der Waals surface area contributed by atoms with Gasteiger partial charge in [0.1, 0.15) is 9.92 Å². The predicted molar refractivity (Wildman–Crippen MR) is 114 cm³/mol. The quantitative estimate of drug-likeness (QED) is 0.680. The molecule has 31 heavy (non-hydrogen) atoms. The van der Waals surface area contributed by atoms with E-state index < -0.39 is 28.7 Å². The second kappa shape index (κ2) is 8.64. The molecule has 0 saturated heterocycles. The third-order valence-electron chi connectivity index (χ3n) is 5.92. The molecular formula is C22H25F2N3O3S. The summed E-state index contributed by atoms with van der Waals surface area (Å²) >= 11 is 0. The molecule has 0 saturated carbocycles. The smallest absolute Gasteiger partial charge is 0.315 e. The number of benzene rings is 2. The number of anilines is 1. The van der Waals surface area contributed by atoms with E-state index >= 15 is 0 Å². The van der Waals surface area contributed by atoms with Crippen molar-refractivity contribution in [3.05, 3.63) is 58.1 Å². The van der Waals surface area contributed by atoms with Crippen molar-refractivity contribution in [1.29, 1.82) is 0 Å². The number of rotatable bonds is 5. The second-order valence-corrected chi connectivity index (χ2v) is 9.72. The van der Waals surface area contributed by atoms with Gasteiger partial charge in [-0.3, -0.25) is 0 Å². The normalized spacial score (nSPS) is 17.7. The summed E-state index contributed by atoms with van der Waals surface area (Å²) in [4.78, 5) is 12.8. The fraction of sp³-hybridized carbons (Fsp3) is 0.409. The Morgan fingerprint density at radius 3 is 2.23 bits per heavy atom. The van der Waals surface area contributed by atoms with Gasteiger partial charge < -0.3 is 10.1 Å². The first kappa shape index (κ1) is 21.9. The molecule has 0 bridgehead atoms. The van der Waals surface area contributed by atoms with Crippen LogP contribution in [0.5, 0.6) is 0 Å². The van der Waals surface area contributed by atoms with Gasteiger partial charge >= 0.3 is 12.6 Å². The number of urea groups is 1. The van der Waals surface area contributed by atoms with Crippen molar-refractivity contribution >= 4 is 21.6 Å². The number of fused-ring (bicyclic) bond motifs is 2. The maximum atomic E-state index is 12.9. The molecule has 2 aliphatic rings. The highest BCUT2D eigenvalue weighted by Gasteiger charge is 2.25. The van der Waals surface area contributed by atoms with Crippen LogP contribution in [-0.4, -0.2) is 16.9 Å². The molecule has 4 rings (SSSR count). The summed E-state index contributed by atoms with van der Waals surface area (Å²) < 4.78 is 45.9. The number of aryl methyl sites for hydroxylation is 2. The molecule has 2 aliphatic carbocycles. The van der Waals surface area contributed by atoms with Crippen LogP contribution in [0.1, 0.15) is 53.7 Å². The van der Waals surface area contributed by atoms with Crippen LogP contribution in [0.3, 0.4) is 0 Å². The summed E-state index contributed by atoms with van der Waals surface area (Å²) in [7, 11) is -3.50. The molecule has 166 valence electrons. The van der Waals surface area contributed by atoms with E-state index in [0.717, 1.165) is 55.3 Å². The molecule has 2 amide bonds. The van der Waals surface area contributed by atoms with Crippen LogP contribution in [0, 0.1) is 0 Å². The fourth-order valence-electron chi connectivity index (χ4n) is 4.44. The predicted octanol–water partition coefficient (Wildman–Crippen LogP) is 4.90. The lowest BCUT2D eigenvalue weighted by molar-refractivity contribution is -0.159. The Bertz CT molecular complexity index is 1090. The minimum absolute atomic E-state index is 0.138. The maximum absolute atomic E-state index is 12.9. The Hall–Kier alpha value is -2.36. The van der Waals surface area contributed by atoms with Crippen molar-refractivity contribution in [3.8, 4) is 0 Å². The van der Waals surface area contributed by atoms with Crippen molar-refractivity contribution in [2.45, 2.75) is 63.1 Å². The summed E-state index contributed by atoms with van der Waals surface area (Å²) in [5.41, 5.74) is 6.09. The van der Waals surface area contributed by atoms with Crippen LogP contribution in [-0.2, 0) is 40.3 Å². The van der Waals surface area contributed by atoms with E-state index in [1.54, 1.807) is 0 Å². The first-order chi connectivity index (χ1) is 14.7. The summed E-state index contributed by atoms with van der Waals surface area (Å²) in [6.45, 7) is -1.41. The number of carbonyl (C=O) groups is 1. The Kier molecular flexibility index (Phi) is 6.09. The van der Waals surface area contributed by atoms with Crippen LogP contribution in [0.4, 0.5) is 19.3 Å². The number of hydrogen-bond acceptors (Lipinski definition) is 3. The number of nitrogens with zero attached hydrogens (tertiary/aromatic N) is 1. The highest BCUT2D eigenvalue weighted by molar-refractivity contribution is 7.91. The molecule has 2 atom stereocenters. The SMILES string of the molecule is C[C@H](OC(F)F)c1ccc([S@@](N)(=O)=NC(=O)Nc2c3c(cc4c2CCC4)CCC3)cc1. The van der Waals surface area contributed by atoms with Gasteiger partial charge in [0, 0.05) is 5.69 Å². The Balaban J connectivity index is 1.57. The molecule has 6 nitrogen and oxygen atoms in total. The first-order valence-electron chi connectivity index (χ1n) is 10.3. The molecule has 0 fully saturated rings. The number of nitrogens with two attached hydrogens (primary N) is 1. The summed E-state index contributed by atoms with van der Waals surface area (Å²) in [6, 6.07) is 7.30. The maximum Gasteiger partial charge on any atom is 0.354 e. The van der Waals surface area contributed by atoms with Crippen molar-refractivity contribution in [1.82, 2.24) is 0 Å². The number of amides is 2. The van der Waals surface area contributed by atoms with Gasteiger partial charge in [0.25, 0.3) is 0 Å². The monoisotopic (exact) mass is 449 g/mol. The third-order valence-corrected chi connectivity index (χ3v) is 7.30. The Morgan fingerprint density at radius 2 is 1.68 bits per heavy atom. The zero-order valence-electron chi connectivity index (χ0n) is 17.2. The van der Waals surface area contributed by atoms with E-state index in [9.17, 15) is 17.8 Å². The van der Waals surface area contributed by atoms with Crippen molar-refractivity contribution in [3.63, 3.8) is 0 Å². The van der Waals surface area contributed by atoms with Gasteiger partial charge in [-0.2, -0.15) is 8.78 Å². The van der Waals surface area contributed by atoms with Gasteiger partial charge in [-0.1, -0.05) is 18.2 Å². The molecule has 0 aromatic heterocycles. The van der Waals surface area contributed by atoms with Gasteiger partial charge in [-0.25, -0.2) is 14.1 Å². The summed E-state index contributed by atoms with van der Waals surface area (Å²) in [6.07, 6.45) is 5.04. The summed E-state index contributed by atoms with van der Waals surface area (Å²) in [5.74, 6) is 0. The Labute approximate surface area is 180 Å². The molecule has 2 aromatic carbocycles. The van der Waals surface area contributed by atoms with Crippen molar-refractivity contribution in [2.75, 3.05) is 5.32 Å². The molecule has 3 N–H and O–H groups in total. The standard InChI is InChI=1S/C22H25F2N3O3S/c1-13(30-21(23)24)14-8-10-17(11-9-14)31(25,29)27-22(28)26-20-18-6-2-4-15(18)12-16-5-3-7-19(16)20/h8-13,21H,2-7H2,1H3,(H3,25,26,27,28,29)/t13-,31-/m0/s1. The van der Waals surface area contributed by atoms with Crippen LogP contribution in [0.2, 0.25) is 0 Å².